The average Bonchev–Trinajstić information content (AvgIpc) is 2.93. The van der Waals surface area contributed by atoms with Crippen molar-refractivity contribution in [1.29, 1.82) is 0 Å². The fourth-order valence-electron chi connectivity index (χ4n) is 2.60. The van der Waals surface area contributed by atoms with Gasteiger partial charge in [-0.25, -0.2) is 4.79 Å². The first-order valence-corrected chi connectivity index (χ1v) is 7.05. The molecule has 112 valence electrons. The minimum absolute atomic E-state index is 0.221. The highest BCUT2D eigenvalue weighted by Gasteiger charge is 2.23. The van der Waals surface area contributed by atoms with Crippen molar-refractivity contribution < 1.29 is 9.21 Å². The average molecular weight is 280 g/mol. The summed E-state index contributed by atoms with van der Waals surface area (Å²) < 4.78 is 5.49. The van der Waals surface area contributed by atoms with Crippen molar-refractivity contribution in [2.75, 3.05) is 33.7 Å². The summed E-state index contributed by atoms with van der Waals surface area (Å²) in [5.41, 5.74) is 5.29. The third-order valence-electron chi connectivity index (χ3n) is 3.90. The summed E-state index contributed by atoms with van der Waals surface area (Å²) in [5, 5.41) is 3.57. The lowest BCUT2D eigenvalue weighted by atomic mass is 10.0. The molecule has 0 aliphatic carbocycles. The molecule has 2 heterocycles. The maximum absolute atomic E-state index is 11.1. The number of primary amides is 1. The number of rotatable bonds is 5. The highest BCUT2D eigenvalue weighted by molar-refractivity contribution is 5.72. The van der Waals surface area contributed by atoms with Crippen LogP contribution in [0.25, 0.3) is 0 Å². The summed E-state index contributed by atoms with van der Waals surface area (Å²) in [6.07, 6.45) is 3.60. The molecule has 1 atom stereocenters. The molecule has 1 saturated heterocycles. The van der Waals surface area contributed by atoms with Crippen LogP contribution in [0.15, 0.2) is 22.8 Å². The van der Waals surface area contributed by atoms with Crippen LogP contribution in [-0.2, 0) is 0 Å². The predicted molar refractivity (Wildman–Crippen MR) is 77.3 cm³/mol. The number of amides is 2. The molecule has 3 N–H and O–H groups in total. The summed E-state index contributed by atoms with van der Waals surface area (Å²) in [6.45, 7) is 2.31. The Morgan fingerprint density at radius 1 is 1.55 bits per heavy atom. The van der Waals surface area contributed by atoms with Gasteiger partial charge in [-0.05, 0) is 39.1 Å². The summed E-state index contributed by atoms with van der Waals surface area (Å²) >= 11 is 0. The van der Waals surface area contributed by atoms with Gasteiger partial charge in [0, 0.05) is 25.7 Å². The molecule has 6 heteroatoms. The Hall–Kier alpha value is -1.53. The maximum atomic E-state index is 11.1. The minimum Gasteiger partial charge on any atom is -0.468 e. The van der Waals surface area contributed by atoms with E-state index in [9.17, 15) is 4.79 Å². The number of hydrogen-bond donors (Lipinski definition) is 2. The third-order valence-corrected chi connectivity index (χ3v) is 3.90. The SMILES string of the molecule is CN(C)C(CNC1CCN(C(N)=O)CC1)c1ccco1. The van der Waals surface area contributed by atoms with Crippen LogP contribution < -0.4 is 11.1 Å². The molecule has 0 aromatic carbocycles. The third kappa shape index (κ3) is 3.74. The number of urea groups is 1. The van der Waals surface area contributed by atoms with Crippen LogP contribution >= 0.6 is 0 Å². The molecule has 0 spiro atoms. The second-order valence-electron chi connectivity index (χ2n) is 5.50. The van der Waals surface area contributed by atoms with Gasteiger partial charge in [0.05, 0.1) is 12.3 Å². The number of nitrogens with two attached hydrogens (primary N) is 1. The van der Waals surface area contributed by atoms with Gasteiger partial charge in [0.1, 0.15) is 5.76 Å². The lowest BCUT2D eigenvalue weighted by Crippen LogP contribution is -2.48. The largest absolute Gasteiger partial charge is 0.468 e. The van der Waals surface area contributed by atoms with Gasteiger partial charge in [-0.2, -0.15) is 0 Å². The fourth-order valence-corrected chi connectivity index (χ4v) is 2.60. The summed E-state index contributed by atoms with van der Waals surface area (Å²) in [7, 11) is 4.09. The van der Waals surface area contributed by atoms with Crippen LogP contribution in [0.5, 0.6) is 0 Å². The first kappa shape index (κ1) is 14.9. The van der Waals surface area contributed by atoms with Crippen molar-refractivity contribution in [3.8, 4) is 0 Å². The van der Waals surface area contributed by atoms with Crippen LogP contribution in [0.3, 0.4) is 0 Å². The number of nitrogens with zero attached hydrogens (tertiary/aromatic N) is 2. The van der Waals surface area contributed by atoms with E-state index in [2.05, 4.69) is 10.2 Å². The van der Waals surface area contributed by atoms with E-state index >= 15 is 0 Å². The van der Waals surface area contributed by atoms with Crippen molar-refractivity contribution in [2.45, 2.75) is 24.9 Å². The molecule has 1 aliphatic rings. The molecule has 1 unspecified atom stereocenters. The summed E-state index contributed by atoms with van der Waals surface area (Å²) in [6, 6.07) is 4.26. The molecular weight excluding hydrogens is 256 g/mol. The molecule has 2 amide bonds. The molecule has 1 aromatic rings. The minimum atomic E-state index is -0.315. The first-order chi connectivity index (χ1) is 9.58. The molecule has 0 radical (unpaired) electrons. The maximum Gasteiger partial charge on any atom is 0.314 e. The van der Waals surface area contributed by atoms with Crippen molar-refractivity contribution in [3.05, 3.63) is 24.2 Å². The number of hydrogen-bond acceptors (Lipinski definition) is 4. The lowest BCUT2D eigenvalue weighted by Gasteiger charge is -2.33. The van der Waals surface area contributed by atoms with Gasteiger partial charge in [0.25, 0.3) is 0 Å². The van der Waals surface area contributed by atoms with Gasteiger partial charge in [-0.1, -0.05) is 0 Å². The zero-order valence-electron chi connectivity index (χ0n) is 12.2. The Balaban J connectivity index is 1.81. The van der Waals surface area contributed by atoms with Crippen molar-refractivity contribution in [3.63, 3.8) is 0 Å². The zero-order valence-corrected chi connectivity index (χ0v) is 12.2. The molecule has 20 heavy (non-hydrogen) atoms. The Labute approximate surface area is 119 Å². The topological polar surface area (TPSA) is 74.7 Å². The van der Waals surface area contributed by atoms with E-state index in [1.165, 1.54) is 0 Å². The molecule has 1 fully saturated rings. The fraction of sp³-hybridized carbons (Fsp3) is 0.643. The second-order valence-corrected chi connectivity index (χ2v) is 5.50. The van der Waals surface area contributed by atoms with E-state index < -0.39 is 0 Å². The highest BCUT2D eigenvalue weighted by atomic mass is 16.3. The monoisotopic (exact) mass is 280 g/mol. The molecule has 2 rings (SSSR count). The number of nitrogens with one attached hydrogen (secondary N) is 1. The Morgan fingerprint density at radius 2 is 2.25 bits per heavy atom. The van der Waals surface area contributed by atoms with Crippen LogP contribution in [-0.4, -0.2) is 55.6 Å². The van der Waals surface area contributed by atoms with Gasteiger partial charge < -0.3 is 20.4 Å². The van der Waals surface area contributed by atoms with E-state index in [1.807, 2.05) is 26.2 Å². The smallest absolute Gasteiger partial charge is 0.314 e. The summed E-state index contributed by atoms with van der Waals surface area (Å²) in [5.74, 6) is 0.970. The Morgan fingerprint density at radius 3 is 2.75 bits per heavy atom. The molecule has 1 aromatic heterocycles. The lowest BCUT2D eigenvalue weighted by molar-refractivity contribution is 0.179. The van der Waals surface area contributed by atoms with E-state index in [4.69, 9.17) is 10.2 Å². The van der Waals surface area contributed by atoms with Gasteiger partial charge in [0.2, 0.25) is 0 Å². The van der Waals surface area contributed by atoms with Gasteiger partial charge in [-0.3, -0.25) is 4.90 Å². The Kier molecular flexibility index (Phi) is 5.03. The number of furan rings is 1. The number of piperidine rings is 1. The van der Waals surface area contributed by atoms with Crippen LogP contribution in [0.1, 0.15) is 24.6 Å². The standard InChI is InChI=1S/C14H24N4O2/c1-17(2)12(13-4-3-9-20-13)10-16-11-5-7-18(8-6-11)14(15)19/h3-4,9,11-12,16H,5-8,10H2,1-2H3,(H2,15,19). The molecule has 0 bridgehead atoms. The molecular formula is C14H24N4O2. The second kappa shape index (κ2) is 6.76. The summed E-state index contributed by atoms with van der Waals surface area (Å²) in [4.78, 5) is 14.9. The van der Waals surface area contributed by atoms with Gasteiger partial charge in [-0.15, -0.1) is 0 Å². The first-order valence-electron chi connectivity index (χ1n) is 7.05. The number of likely N-dealkylation sites (tertiary alicyclic amines) is 1. The zero-order chi connectivity index (χ0) is 14.5. The van der Waals surface area contributed by atoms with E-state index in [-0.39, 0.29) is 12.1 Å². The van der Waals surface area contributed by atoms with Crippen LogP contribution in [0.2, 0.25) is 0 Å². The predicted octanol–water partition coefficient (Wildman–Crippen LogP) is 1.01. The molecule has 0 saturated carbocycles. The normalized spacial score (nSPS) is 18.4. The number of likely N-dealkylation sites (N-methyl/N-ethyl adjacent to an activating group) is 1. The molecule has 6 nitrogen and oxygen atoms in total. The van der Waals surface area contributed by atoms with E-state index in [1.54, 1.807) is 11.2 Å². The molecule has 1 aliphatic heterocycles. The Bertz CT molecular complexity index is 411. The quantitative estimate of drug-likeness (QED) is 0.844. The highest BCUT2D eigenvalue weighted by Crippen LogP contribution is 2.19. The number of carbonyl (C=O) groups excluding carboxylic acids is 1. The number of carbonyl (C=O) groups is 1. The van der Waals surface area contributed by atoms with Crippen molar-refractivity contribution >= 4 is 6.03 Å². The van der Waals surface area contributed by atoms with Crippen molar-refractivity contribution in [2.24, 2.45) is 5.73 Å². The van der Waals surface area contributed by atoms with Crippen LogP contribution in [0, 0.1) is 0 Å². The van der Waals surface area contributed by atoms with Gasteiger partial charge in [0.15, 0.2) is 0 Å². The van der Waals surface area contributed by atoms with E-state index in [0.717, 1.165) is 38.2 Å². The van der Waals surface area contributed by atoms with Crippen molar-refractivity contribution in [1.82, 2.24) is 15.1 Å². The van der Waals surface area contributed by atoms with Gasteiger partial charge >= 0.3 is 6.03 Å². The van der Waals surface area contributed by atoms with E-state index in [0.29, 0.717) is 6.04 Å². The van der Waals surface area contributed by atoms with Crippen LogP contribution in [0.4, 0.5) is 4.79 Å².